The van der Waals surface area contributed by atoms with Crippen LogP contribution >= 0.6 is 0 Å². The van der Waals surface area contributed by atoms with E-state index in [1.54, 1.807) is 20.8 Å². The summed E-state index contributed by atoms with van der Waals surface area (Å²) in [6.45, 7) is 18.9. The van der Waals surface area contributed by atoms with E-state index in [1.165, 1.54) is 4.90 Å². The van der Waals surface area contributed by atoms with Crippen molar-refractivity contribution in [3.63, 3.8) is 0 Å². The minimum Gasteiger partial charge on any atom is -0.363 e. The number of primary amides is 1. The van der Waals surface area contributed by atoms with Crippen LogP contribution in [0.5, 0.6) is 0 Å². The third-order valence-electron chi connectivity index (χ3n) is 8.37. The molecule has 1 aliphatic carbocycles. The molecule has 2 fully saturated rings. The second-order valence-corrected chi connectivity index (χ2v) is 15.0. The zero-order valence-electron chi connectivity index (χ0n) is 27.1. The molecule has 42 heavy (non-hydrogen) atoms. The molecule has 5 atom stereocenters. The van der Waals surface area contributed by atoms with Crippen LogP contribution in [-0.2, 0) is 24.0 Å². The summed E-state index contributed by atoms with van der Waals surface area (Å²) in [6, 6.07) is -4.31. The molecule has 0 spiro atoms. The maximum atomic E-state index is 14.1. The van der Waals surface area contributed by atoms with E-state index < -0.39 is 64.5 Å². The van der Waals surface area contributed by atoms with Crippen LogP contribution in [0.1, 0.15) is 94.9 Å². The maximum Gasteiger partial charge on any atom is 0.316 e. The van der Waals surface area contributed by atoms with Crippen molar-refractivity contribution in [2.24, 2.45) is 40.2 Å². The highest BCUT2D eigenvalue weighted by molar-refractivity contribution is 6.37. The molecule has 0 aromatic rings. The Labute approximate surface area is 250 Å². The third-order valence-corrected chi connectivity index (χ3v) is 8.37. The summed E-state index contributed by atoms with van der Waals surface area (Å²) in [5.41, 5.74) is 3.85. The highest BCUT2D eigenvalue weighted by atomic mass is 16.2. The first kappa shape index (κ1) is 35.2. The average Bonchev–Trinajstić information content (AvgIpc) is 3.55. The number of ketones is 2. The van der Waals surface area contributed by atoms with Crippen molar-refractivity contribution in [2.75, 3.05) is 6.54 Å². The molecule has 5 amide bonds. The fourth-order valence-electron chi connectivity index (χ4n) is 5.33. The van der Waals surface area contributed by atoms with Gasteiger partial charge in [-0.05, 0) is 41.9 Å². The first-order valence-corrected chi connectivity index (χ1v) is 15.2. The number of hydrogen-bond donors (Lipinski definition) is 4. The molecule has 0 radical (unpaired) electrons. The van der Waals surface area contributed by atoms with Crippen LogP contribution in [0.2, 0.25) is 0 Å². The Kier molecular flexibility index (Phi) is 11.4. The molecule has 2 aliphatic rings. The smallest absolute Gasteiger partial charge is 0.316 e. The van der Waals surface area contributed by atoms with Crippen molar-refractivity contribution in [1.82, 2.24) is 20.9 Å². The summed E-state index contributed by atoms with van der Waals surface area (Å²) in [7, 11) is 0. The molecule has 1 saturated heterocycles. The van der Waals surface area contributed by atoms with Gasteiger partial charge in [-0.15, -0.1) is 0 Å². The molecule has 1 saturated carbocycles. The van der Waals surface area contributed by atoms with Gasteiger partial charge in [-0.2, -0.15) is 0 Å². The monoisotopic (exact) mass is 591 g/mol. The van der Waals surface area contributed by atoms with E-state index in [0.29, 0.717) is 19.4 Å². The molecule has 11 heteroatoms. The van der Waals surface area contributed by atoms with Crippen molar-refractivity contribution in [3.05, 3.63) is 0 Å². The summed E-state index contributed by atoms with van der Waals surface area (Å²) in [4.78, 5) is 79.7. The van der Waals surface area contributed by atoms with E-state index in [2.05, 4.69) is 16.0 Å². The van der Waals surface area contributed by atoms with Crippen LogP contribution in [0.25, 0.3) is 0 Å². The van der Waals surface area contributed by atoms with Crippen molar-refractivity contribution >= 4 is 35.3 Å². The topological polar surface area (TPSA) is 168 Å². The number of amides is 5. The van der Waals surface area contributed by atoms with E-state index in [9.17, 15) is 28.8 Å². The molecule has 11 nitrogen and oxygen atoms in total. The number of nitrogens with two attached hydrogens (primary N) is 1. The van der Waals surface area contributed by atoms with Crippen molar-refractivity contribution in [1.29, 1.82) is 0 Å². The molecule has 238 valence electrons. The fraction of sp³-hybridized carbons (Fsp3) is 0.806. The Bertz CT molecular complexity index is 1050. The lowest BCUT2D eigenvalue weighted by Gasteiger charge is -2.36. The summed E-state index contributed by atoms with van der Waals surface area (Å²) in [5, 5.41) is 8.29. The summed E-state index contributed by atoms with van der Waals surface area (Å²) in [6.07, 6.45) is 2.55. The predicted molar refractivity (Wildman–Crippen MR) is 160 cm³/mol. The summed E-state index contributed by atoms with van der Waals surface area (Å²) in [5.74, 6) is -2.74. The maximum absolute atomic E-state index is 14.1. The molecule has 0 bridgehead atoms. The number of carbonyl (C=O) groups is 6. The Morgan fingerprint density at radius 2 is 1.45 bits per heavy atom. The van der Waals surface area contributed by atoms with E-state index in [0.717, 1.165) is 12.8 Å². The van der Waals surface area contributed by atoms with Gasteiger partial charge in [0, 0.05) is 12.0 Å². The highest BCUT2D eigenvalue weighted by Gasteiger charge is 2.46. The molecular weight excluding hydrogens is 538 g/mol. The molecule has 1 aliphatic heterocycles. The van der Waals surface area contributed by atoms with Gasteiger partial charge in [0.15, 0.2) is 5.78 Å². The molecule has 2 rings (SSSR count). The lowest BCUT2D eigenvalue weighted by atomic mass is 9.82. The van der Waals surface area contributed by atoms with Gasteiger partial charge in [0.1, 0.15) is 12.1 Å². The Hall–Kier alpha value is -2.98. The Morgan fingerprint density at radius 1 is 0.881 bits per heavy atom. The van der Waals surface area contributed by atoms with E-state index >= 15 is 0 Å². The minimum absolute atomic E-state index is 0.0163. The second-order valence-electron chi connectivity index (χ2n) is 15.0. The number of hydrogen-bond acceptors (Lipinski definition) is 6. The van der Waals surface area contributed by atoms with Crippen LogP contribution in [-0.4, -0.2) is 70.9 Å². The first-order chi connectivity index (χ1) is 19.1. The zero-order valence-corrected chi connectivity index (χ0v) is 27.1. The summed E-state index contributed by atoms with van der Waals surface area (Å²) >= 11 is 0. The van der Waals surface area contributed by atoms with Crippen molar-refractivity contribution < 1.29 is 28.8 Å². The lowest BCUT2D eigenvalue weighted by Crippen LogP contribution is -2.61. The van der Waals surface area contributed by atoms with Gasteiger partial charge in [-0.25, -0.2) is 4.79 Å². The van der Waals surface area contributed by atoms with Gasteiger partial charge in [-0.1, -0.05) is 82.1 Å². The van der Waals surface area contributed by atoms with E-state index in [1.807, 2.05) is 48.5 Å². The number of nitrogens with zero attached hydrogens (tertiary/aromatic N) is 1. The SMILES string of the molecule is CC(C)[C@@H]1C[C@@H](C(=O)NC(CC2CC2)C(=O)C(N)=O)N(C(=O)[C@@H](NC(=O)N[C@H](C(=O)C(C)(C)C)C(C)C)C(C)(C)C)C1. The van der Waals surface area contributed by atoms with Crippen LogP contribution in [0.4, 0.5) is 4.79 Å². The van der Waals surface area contributed by atoms with Gasteiger partial charge in [0.25, 0.3) is 5.91 Å². The van der Waals surface area contributed by atoms with Crippen molar-refractivity contribution in [3.8, 4) is 0 Å². The fourth-order valence-corrected chi connectivity index (χ4v) is 5.33. The molecule has 1 heterocycles. The summed E-state index contributed by atoms with van der Waals surface area (Å²) < 4.78 is 0. The number of likely N-dealkylation sites (tertiary alicyclic amines) is 1. The molecule has 1 unspecified atom stereocenters. The van der Waals surface area contributed by atoms with Gasteiger partial charge in [0.2, 0.25) is 17.6 Å². The zero-order chi connectivity index (χ0) is 32.3. The third kappa shape index (κ3) is 9.26. The normalized spacial score (nSPS) is 21.5. The van der Waals surface area contributed by atoms with Gasteiger partial charge in [0.05, 0.1) is 12.1 Å². The number of Topliss-reactive ketones (excluding diaryl/α,β-unsaturated/α-hetero) is 2. The Morgan fingerprint density at radius 3 is 1.88 bits per heavy atom. The van der Waals surface area contributed by atoms with E-state index in [4.69, 9.17) is 5.73 Å². The van der Waals surface area contributed by atoms with E-state index in [-0.39, 0.29) is 29.5 Å². The number of nitrogens with one attached hydrogen (secondary N) is 3. The van der Waals surface area contributed by atoms with Crippen LogP contribution in [0, 0.1) is 34.5 Å². The standard InChI is InChI=1S/C31H53N5O6/c1-16(2)19-14-21(27(40)33-20(13-18-11-12-18)23(37)26(32)39)36(15-19)28(41)24(30(5,6)7)35-29(42)34-22(17(3)4)25(38)31(8,9)10/h16-22,24H,11-15H2,1-10H3,(H2,32,39)(H,33,40)(H2,34,35,42)/t19-,20?,21+,22+,24-/m1/s1. The quantitative estimate of drug-likeness (QED) is 0.254. The number of rotatable bonds is 12. The Balaban J connectivity index is 2.31. The van der Waals surface area contributed by atoms with Crippen LogP contribution < -0.4 is 21.7 Å². The first-order valence-electron chi connectivity index (χ1n) is 15.2. The van der Waals surface area contributed by atoms with Gasteiger partial charge >= 0.3 is 6.03 Å². The molecule has 0 aromatic heterocycles. The number of urea groups is 1. The van der Waals surface area contributed by atoms with Crippen LogP contribution in [0.15, 0.2) is 0 Å². The second kappa shape index (κ2) is 13.5. The lowest BCUT2D eigenvalue weighted by molar-refractivity contribution is -0.143. The number of carbonyl (C=O) groups excluding carboxylic acids is 6. The van der Waals surface area contributed by atoms with Crippen molar-refractivity contribution in [2.45, 2.75) is 119 Å². The minimum atomic E-state index is -1.10. The average molecular weight is 592 g/mol. The molecule has 0 aromatic carbocycles. The molecule has 5 N–H and O–H groups in total. The predicted octanol–water partition coefficient (Wildman–Crippen LogP) is 2.55. The van der Waals surface area contributed by atoms with Gasteiger partial charge < -0.3 is 26.6 Å². The molecular formula is C31H53N5O6. The largest absolute Gasteiger partial charge is 0.363 e. The highest BCUT2D eigenvalue weighted by Crippen LogP contribution is 2.35. The van der Waals surface area contributed by atoms with Crippen LogP contribution in [0.3, 0.4) is 0 Å². The van der Waals surface area contributed by atoms with Gasteiger partial charge in [-0.3, -0.25) is 24.0 Å².